The summed E-state index contributed by atoms with van der Waals surface area (Å²) in [5.74, 6) is -0.295. The van der Waals surface area contributed by atoms with Gasteiger partial charge < -0.3 is 9.84 Å². The van der Waals surface area contributed by atoms with E-state index in [2.05, 4.69) is 50.9 Å². The summed E-state index contributed by atoms with van der Waals surface area (Å²) in [6.45, 7) is 9.85. The van der Waals surface area contributed by atoms with Crippen LogP contribution in [0.1, 0.15) is 80.1 Å². The highest BCUT2D eigenvalue weighted by molar-refractivity contribution is 7.09. The van der Waals surface area contributed by atoms with Gasteiger partial charge in [-0.15, -0.1) is 11.3 Å². The zero-order chi connectivity index (χ0) is 22.9. The lowest BCUT2D eigenvalue weighted by Gasteiger charge is -2.42. The fourth-order valence-electron chi connectivity index (χ4n) is 4.62. The average molecular weight is 450 g/mol. The van der Waals surface area contributed by atoms with Crippen LogP contribution in [-0.2, 0) is 22.2 Å². The van der Waals surface area contributed by atoms with Crippen molar-refractivity contribution in [3.05, 3.63) is 81.3 Å². The number of nitrogens with zero attached hydrogens (tertiary/aromatic N) is 1. The van der Waals surface area contributed by atoms with Crippen molar-refractivity contribution in [1.29, 1.82) is 0 Å². The number of aliphatic carboxylic acids is 1. The van der Waals surface area contributed by atoms with Crippen LogP contribution in [0.5, 0.6) is 5.75 Å². The molecule has 1 aliphatic carbocycles. The van der Waals surface area contributed by atoms with E-state index in [-0.39, 0.29) is 23.2 Å². The first-order chi connectivity index (χ1) is 15.2. The molecule has 168 valence electrons. The summed E-state index contributed by atoms with van der Waals surface area (Å²) in [5, 5.41) is 12.0. The van der Waals surface area contributed by atoms with Gasteiger partial charge in [0.1, 0.15) is 17.4 Å². The highest BCUT2D eigenvalue weighted by Gasteiger charge is 2.36. The van der Waals surface area contributed by atoms with Crippen molar-refractivity contribution in [2.45, 2.75) is 70.3 Å². The smallest absolute Gasteiger partial charge is 0.304 e. The van der Waals surface area contributed by atoms with Crippen LogP contribution in [0.2, 0.25) is 0 Å². The molecule has 1 N–H and O–H groups in total. The summed E-state index contributed by atoms with van der Waals surface area (Å²) < 4.78 is 6.08. The van der Waals surface area contributed by atoms with E-state index in [0.29, 0.717) is 6.61 Å². The first-order valence-corrected chi connectivity index (χ1v) is 12.0. The van der Waals surface area contributed by atoms with Gasteiger partial charge in [0, 0.05) is 17.5 Å². The molecule has 0 amide bonds. The van der Waals surface area contributed by atoms with Gasteiger partial charge in [-0.05, 0) is 58.1 Å². The molecule has 0 radical (unpaired) electrons. The van der Waals surface area contributed by atoms with E-state index in [4.69, 9.17) is 4.74 Å². The van der Waals surface area contributed by atoms with Crippen molar-refractivity contribution in [2.24, 2.45) is 0 Å². The van der Waals surface area contributed by atoms with E-state index < -0.39 is 5.97 Å². The van der Waals surface area contributed by atoms with E-state index in [1.54, 1.807) is 6.20 Å². The molecule has 0 fully saturated rings. The molecule has 5 heteroatoms. The minimum atomic E-state index is -0.830. The van der Waals surface area contributed by atoms with Crippen molar-refractivity contribution in [3.8, 4) is 5.75 Å². The van der Waals surface area contributed by atoms with Crippen molar-refractivity contribution in [1.82, 2.24) is 4.98 Å². The number of benzene rings is 2. The van der Waals surface area contributed by atoms with Gasteiger partial charge in [0.15, 0.2) is 0 Å². The van der Waals surface area contributed by atoms with Gasteiger partial charge in [-0.2, -0.15) is 0 Å². The van der Waals surface area contributed by atoms with Gasteiger partial charge in [-0.1, -0.05) is 58.0 Å². The molecule has 2 aromatic carbocycles. The number of carbonyl (C=O) groups is 1. The molecule has 4 nitrogen and oxygen atoms in total. The normalized spacial score (nSPS) is 17.4. The Hall–Kier alpha value is -2.66. The average Bonchev–Trinajstić information content (AvgIpc) is 3.29. The summed E-state index contributed by atoms with van der Waals surface area (Å²) in [6, 6.07) is 14.5. The van der Waals surface area contributed by atoms with E-state index in [1.165, 1.54) is 40.9 Å². The number of carboxylic acid groups (broad SMARTS) is 1. The molecule has 1 heterocycles. The van der Waals surface area contributed by atoms with Gasteiger partial charge in [0.25, 0.3) is 0 Å². The Morgan fingerprint density at radius 2 is 1.75 bits per heavy atom. The predicted octanol–water partition coefficient (Wildman–Crippen LogP) is 6.68. The standard InChI is InChI=1S/C27H31NO3S/c1-26(2)11-12-27(3,4)23-15-18(5-10-22(23)26)17-31-20-8-6-19(7-9-20)21(16-24(29)30)25-28-13-14-32-25/h5-10,13-15,21H,11-12,16-17H2,1-4H3,(H,29,30). The zero-order valence-electron chi connectivity index (χ0n) is 19.2. The number of hydrogen-bond acceptors (Lipinski definition) is 4. The molecule has 0 saturated carbocycles. The molecule has 0 aliphatic heterocycles. The van der Waals surface area contributed by atoms with Crippen LogP contribution < -0.4 is 4.74 Å². The third-order valence-corrected chi connectivity index (χ3v) is 7.62. The number of rotatable bonds is 7. The lowest BCUT2D eigenvalue weighted by molar-refractivity contribution is -0.137. The molecule has 3 aromatic rings. The lowest BCUT2D eigenvalue weighted by atomic mass is 9.63. The summed E-state index contributed by atoms with van der Waals surface area (Å²) >= 11 is 1.48. The second kappa shape index (κ2) is 8.70. The molecular formula is C27H31NO3S. The Balaban J connectivity index is 1.49. The number of ether oxygens (including phenoxy) is 1. The third kappa shape index (κ3) is 4.73. The predicted molar refractivity (Wildman–Crippen MR) is 129 cm³/mol. The zero-order valence-corrected chi connectivity index (χ0v) is 20.0. The molecule has 0 bridgehead atoms. The molecular weight excluding hydrogens is 418 g/mol. The Kier molecular flexibility index (Phi) is 6.13. The Labute approximate surface area is 194 Å². The maximum atomic E-state index is 11.3. The largest absolute Gasteiger partial charge is 0.489 e. The first kappa shape index (κ1) is 22.5. The molecule has 1 unspecified atom stereocenters. The molecule has 1 atom stereocenters. The van der Waals surface area contributed by atoms with Crippen LogP contribution in [0.25, 0.3) is 0 Å². The van der Waals surface area contributed by atoms with E-state index in [1.807, 2.05) is 29.6 Å². The van der Waals surface area contributed by atoms with Crippen molar-refractivity contribution < 1.29 is 14.6 Å². The molecule has 1 aromatic heterocycles. The highest BCUT2D eigenvalue weighted by Crippen LogP contribution is 2.46. The summed E-state index contributed by atoms with van der Waals surface area (Å²) in [7, 11) is 0. The molecule has 32 heavy (non-hydrogen) atoms. The van der Waals surface area contributed by atoms with E-state index in [0.717, 1.165) is 16.3 Å². The Morgan fingerprint density at radius 3 is 2.38 bits per heavy atom. The number of thiazole rings is 1. The third-order valence-electron chi connectivity index (χ3n) is 6.73. The molecule has 1 aliphatic rings. The van der Waals surface area contributed by atoms with Gasteiger partial charge in [0.05, 0.1) is 6.42 Å². The van der Waals surface area contributed by atoms with E-state index in [9.17, 15) is 9.90 Å². The first-order valence-electron chi connectivity index (χ1n) is 11.1. The van der Waals surface area contributed by atoms with Crippen LogP contribution >= 0.6 is 11.3 Å². The number of aromatic nitrogens is 1. The van der Waals surface area contributed by atoms with Gasteiger partial charge in [-0.25, -0.2) is 4.98 Å². The topological polar surface area (TPSA) is 59.4 Å². The molecule has 0 spiro atoms. The minimum absolute atomic E-state index is 0.0228. The number of hydrogen-bond donors (Lipinski definition) is 1. The van der Waals surface area contributed by atoms with Crippen LogP contribution in [0.4, 0.5) is 0 Å². The maximum absolute atomic E-state index is 11.3. The van der Waals surface area contributed by atoms with Gasteiger partial charge >= 0.3 is 5.97 Å². The second-order valence-electron chi connectivity index (χ2n) is 10.0. The quantitative estimate of drug-likeness (QED) is 0.437. The fraction of sp³-hybridized carbons (Fsp3) is 0.407. The van der Waals surface area contributed by atoms with Crippen LogP contribution in [-0.4, -0.2) is 16.1 Å². The highest BCUT2D eigenvalue weighted by atomic mass is 32.1. The fourth-order valence-corrected chi connectivity index (χ4v) is 5.38. The summed E-state index contributed by atoms with van der Waals surface area (Å²) in [4.78, 5) is 15.7. The maximum Gasteiger partial charge on any atom is 0.304 e. The van der Waals surface area contributed by atoms with Gasteiger partial charge in [0.2, 0.25) is 0 Å². The van der Waals surface area contributed by atoms with Crippen molar-refractivity contribution in [2.75, 3.05) is 0 Å². The summed E-state index contributed by atoms with van der Waals surface area (Å²) in [5.41, 5.74) is 5.39. The molecule has 4 rings (SSSR count). The monoisotopic (exact) mass is 449 g/mol. The Bertz CT molecular complexity index is 1080. The van der Waals surface area contributed by atoms with Crippen molar-refractivity contribution in [3.63, 3.8) is 0 Å². The SMILES string of the molecule is CC1(C)CCC(C)(C)c2cc(COc3ccc(C(CC(=O)O)c4nccs4)cc3)ccc21. The summed E-state index contributed by atoms with van der Waals surface area (Å²) in [6.07, 6.45) is 4.14. The van der Waals surface area contributed by atoms with Crippen LogP contribution in [0, 0.1) is 0 Å². The minimum Gasteiger partial charge on any atom is -0.489 e. The van der Waals surface area contributed by atoms with E-state index >= 15 is 0 Å². The van der Waals surface area contributed by atoms with Crippen LogP contribution in [0.3, 0.4) is 0 Å². The van der Waals surface area contributed by atoms with Crippen molar-refractivity contribution >= 4 is 17.3 Å². The second-order valence-corrected chi connectivity index (χ2v) is 11.0. The molecule has 0 saturated heterocycles. The van der Waals surface area contributed by atoms with Gasteiger partial charge in [-0.3, -0.25) is 4.79 Å². The lowest BCUT2D eigenvalue weighted by Crippen LogP contribution is -2.33. The number of fused-ring (bicyclic) bond motifs is 1. The Morgan fingerprint density at radius 1 is 1.06 bits per heavy atom. The van der Waals surface area contributed by atoms with Crippen LogP contribution in [0.15, 0.2) is 54.0 Å². The number of carboxylic acids is 1.